The molecule has 0 aromatic carbocycles. The van der Waals surface area contributed by atoms with Crippen molar-refractivity contribution >= 4 is 22.3 Å². The van der Waals surface area contributed by atoms with Gasteiger partial charge in [0.05, 0.1) is 0 Å². The number of aromatic nitrogens is 8. The Bertz CT molecular complexity index is 1380. The number of hydrogen-bond acceptors (Lipinski definition) is 6. The Kier molecular flexibility index (Phi) is 3.73. The molecule has 0 aliphatic rings. The summed E-state index contributed by atoms with van der Waals surface area (Å²) in [5.74, 6) is 1.02. The first-order valence-corrected chi connectivity index (χ1v) is 8.50. The molecular formula is C16H18N8O4. The predicted molar refractivity (Wildman–Crippen MR) is 101 cm³/mol. The average Bonchev–Trinajstić information content (AvgIpc) is 3.30. The van der Waals surface area contributed by atoms with E-state index in [4.69, 9.17) is 0 Å². The molecule has 12 heteroatoms. The lowest BCUT2D eigenvalue weighted by atomic mass is 10.3. The van der Waals surface area contributed by atoms with Crippen molar-refractivity contribution in [2.45, 2.75) is 12.8 Å². The molecule has 0 spiro atoms. The second-order valence-electron chi connectivity index (χ2n) is 6.68. The van der Waals surface area contributed by atoms with E-state index in [-0.39, 0.29) is 22.3 Å². The maximum atomic E-state index is 12.2. The molecule has 0 saturated carbocycles. The summed E-state index contributed by atoms with van der Waals surface area (Å²) in [5, 5.41) is 0. The van der Waals surface area contributed by atoms with Gasteiger partial charge in [0.1, 0.15) is 22.7 Å². The first-order valence-electron chi connectivity index (χ1n) is 8.50. The van der Waals surface area contributed by atoms with Crippen LogP contribution in [0.25, 0.3) is 22.3 Å². The van der Waals surface area contributed by atoms with Crippen LogP contribution in [0.3, 0.4) is 0 Å². The molecule has 4 aromatic heterocycles. The molecule has 0 saturated heterocycles. The van der Waals surface area contributed by atoms with E-state index >= 15 is 0 Å². The second-order valence-corrected chi connectivity index (χ2v) is 6.68. The number of aryl methyl sites for hydroxylation is 4. The van der Waals surface area contributed by atoms with Gasteiger partial charge in [0, 0.05) is 41.0 Å². The maximum absolute atomic E-state index is 12.2. The molecule has 4 aromatic rings. The Morgan fingerprint density at radius 2 is 1.00 bits per heavy atom. The number of nitrogens with one attached hydrogen (secondary N) is 2. The van der Waals surface area contributed by atoms with Crippen LogP contribution in [0.1, 0.15) is 11.6 Å². The van der Waals surface area contributed by atoms with Crippen molar-refractivity contribution < 1.29 is 0 Å². The largest absolute Gasteiger partial charge is 0.336 e. The van der Waals surface area contributed by atoms with Crippen LogP contribution in [0.4, 0.5) is 0 Å². The van der Waals surface area contributed by atoms with Crippen molar-refractivity contribution in [2.24, 2.45) is 28.2 Å². The smallest absolute Gasteiger partial charge is 0.332 e. The van der Waals surface area contributed by atoms with Crippen molar-refractivity contribution in [3.05, 3.63) is 53.3 Å². The summed E-state index contributed by atoms with van der Waals surface area (Å²) in [6, 6.07) is 0. The zero-order chi connectivity index (χ0) is 20.3. The minimum absolute atomic E-state index is 0.250. The SMILES string of the molecule is Cn1c(=O)c2[nH]c(CCc3nc4c([nH]3)c(=O)n(C)c(=O)n4C)nc2n(C)c1=O. The van der Waals surface area contributed by atoms with Gasteiger partial charge >= 0.3 is 11.4 Å². The van der Waals surface area contributed by atoms with Gasteiger partial charge in [0.2, 0.25) is 0 Å². The Hall–Kier alpha value is -3.70. The maximum Gasteiger partial charge on any atom is 0.332 e. The van der Waals surface area contributed by atoms with Gasteiger partial charge in [-0.3, -0.25) is 27.9 Å². The van der Waals surface area contributed by atoms with Crippen LogP contribution >= 0.6 is 0 Å². The molecule has 0 aliphatic carbocycles. The van der Waals surface area contributed by atoms with Crippen molar-refractivity contribution in [1.82, 2.24) is 38.2 Å². The van der Waals surface area contributed by atoms with E-state index in [0.717, 1.165) is 9.13 Å². The molecule has 4 heterocycles. The normalized spacial score (nSPS) is 11.7. The summed E-state index contributed by atoms with van der Waals surface area (Å²) in [4.78, 5) is 63.1. The highest BCUT2D eigenvalue weighted by Gasteiger charge is 2.16. The number of rotatable bonds is 3. The molecular weight excluding hydrogens is 368 g/mol. The van der Waals surface area contributed by atoms with Crippen LogP contribution in [-0.4, -0.2) is 38.2 Å². The number of nitrogens with zero attached hydrogens (tertiary/aromatic N) is 6. The van der Waals surface area contributed by atoms with Crippen molar-refractivity contribution in [3.8, 4) is 0 Å². The minimum atomic E-state index is -0.454. The van der Waals surface area contributed by atoms with E-state index < -0.39 is 22.5 Å². The highest BCUT2D eigenvalue weighted by molar-refractivity contribution is 5.70. The van der Waals surface area contributed by atoms with E-state index in [0.29, 0.717) is 24.5 Å². The number of H-pyrrole nitrogens is 2. The van der Waals surface area contributed by atoms with E-state index in [9.17, 15) is 19.2 Å². The number of fused-ring (bicyclic) bond motifs is 2. The fraction of sp³-hybridized carbons (Fsp3) is 0.375. The van der Waals surface area contributed by atoms with Gasteiger partial charge in [-0.1, -0.05) is 0 Å². The fourth-order valence-corrected chi connectivity index (χ4v) is 3.22. The topological polar surface area (TPSA) is 145 Å². The molecule has 0 atom stereocenters. The fourth-order valence-electron chi connectivity index (χ4n) is 3.22. The number of hydrogen-bond donors (Lipinski definition) is 2. The summed E-state index contributed by atoms with van der Waals surface area (Å²) in [7, 11) is 5.90. The summed E-state index contributed by atoms with van der Waals surface area (Å²) in [6.07, 6.45) is 0.778. The third-order valence-electron chi connectivity index (χ3n) is 4.89. The average molecular weight is 386 g/mol. The van der Waals surface area contributed by atoms with Crippen LogP contribution < -0.4 is 22.5 Å². The van der Waals surface area contributed by atoms with Gasteiger partial charge < -0.3 is 9.97 Å². The van der Waals surface area contributed by atoms with Crippen LogP contribution in [0.5, 0.6) is 0 Å². The van der Waals surface area contributed by atoms with Gasteiger partial charge in [0.25, 0.3) is 11.1 Å². The number of imidazole rings is 2. The molecule has 4 rings (SSSR count). The molecule has 0 aliphatic heterocycles. The molecule has 0 unspecified atom stereocenters. The molecule has 146 valence electrons. The van der Waals surface area contributed by atoms with Gasteiger partial charge in [-0.05, 0) is 0 Å². The highest BCUT2D eigenvalue weighted by atomic mass is 16.2. The summed E-state index contributed by atoms with van der Waals surface area (Å²) in [5.41, 5.74) is -0.735. The quantitative estimate of drug-likeness (QED) is 0.417. The van der Waals surface area contributed by atoms with Crippen molar-refractivity contribution in [2.75, 3.05) is 0 Å². The van der Waals surface area contributed by atoms with E-state index in [1.54, 1.807) is 14.1 Å². The lowest BCUT2D eigenvalue weighted by Crippen LogP contribution is -2.36. The zero-order valence-corrected chi connectivity index (χ0v) is 15.7. The standard InChI is InChI=1S/C16H18N8O4/c1-21-11-9(13(25)23(3)15(21)27)17-7(19-11)5-6-8-18-10-12(20-8)22(2)16(28)24(4)14(10)26/h5-6H2,1-4H3,(H,17,19)(H,18,20). The molecule has 0 fully saturated rings. The zero-order valence-electron chi connectivity index (χ0n) is 15.7. The molecule has 12 nitrogen and oxygen atoms in total. The van der Waals surface area contributed by atoms with Crippen LogP contribution in [0.15, 0.2) is 19.2 Å². The van der Waals surface area contributed by atoms with Gasteiger partial charge in [0.15, 0.2) is 11.3 Å². The van der Waals surface area contributed by atoms with E-state index in [2.05, 4.69) is 19.9 Å². The van der Waals surface area contributed by atoms with Crippen molar-refractivity contribution in [1.29, 1.82) is 0 Å². The molecule has 0 bridgehead atoms. The van der Waals surface area contributed by atoms with E-state index in [1.165, 1.54) is 23.2 Å². The Balaban J connectivity index is 1.72. The molecule has 2 N–H and O–H groups in total. The molecule has 0 radical (unpaired) electrons. The molecule has 28 heavy (non-hydrogen) atoms. The lowest BCUT2D eigenvalue weighted by Gasteiger charge is -2.00. The highest BCUT2D eigenvalue weighted by Crippen LogP contribution is 2.09. The minimum Gasteiger partial charge on any atom is -0.336 e. The Labute approximate surface area is 155 Å². The van der Waals surface area contributed by atoms with E-state index in [1.807, 2.05) is 0 Å². The van der Waals surface area contributed by atoms with Crippen molar-refractivity contribution in [3.63, 3.8) is 0 Å². The van der Waals surface area contributed by atoms with Gasteiger partial charge in [-0.25, -0.2) is 19.6 Å². The van der Waals surface area contributed by atoms with Crippen LogP contribution in [0, 0.1) is 0 Å². The summed E-state index contributed by atoms with van der Waals surface area (Å²) >= 11 is 0. The predicted octanol–water partition coefficient (Wildman–Crippen LogP) is -1.98. The monoisotopic (exact) mass is 386 g/mol. The lowest BCUT2D eigenvalue weighted by molar-refractivity contribution is 0.708. The van der Waals surface area contributed by atoms with Crippen LogP contribution in [-0.2, 0) is 41.0 Å². The van der Waals surface area contributed by atoms with Gasteiger partial charge in [-0.15, -0.1) is 0 Å². The summed E-state index contributed by atoms with van der Waals surface area (Å²) < 4.78 is 4.63. The number of aromatic amines is 2. The van der Waals surface area contributed by atoms with Gasteiger partial charge in [-0.2, -0.15) is 0 Å². The molecule has 0 amide bonds. The van der Waals surface area contributed by atoms with Crippen LogP contribution in [0.2, 0.25) is 0 Å². The Morgan fingerprint density at radius 3 is 1.36 bits per heavy atom. The third kappa shape index (κ3) is 2.37. The Morgan fingerprint density at radius 1 is 0.643 bits per heavy atom. The summed E-state index contributed by atoms with van der Waals surface area (Å²) in [6.45, 7) is 0. The second kappa shape index (κ2) is 5.90. The first-order chi connectivity index (χ1) is 13.2. The first kappa shape index (κ1) is 17.7. The third-order valence-corrected chi connectivity index (χ3v) is 4.89.